The fourth-order valence-corrected chi connectivity index (χ4v) is 2.01. The summed E-state index contributed by atoms with van der Waals surface area (Å²) in [4.78, 5) is 19.2. The maximum absolute atomic E-state index is 10.4. The fraction of sp³-hybridized carbons (Fsp3) is 0.400. The molecule has 0 fully saturated rings. The molecule has 2 aromatic rings. The van der Waals surface area contributed by atoms with E-state index in [-0.39, 0.29) is 6.42 Å². The monoisotopic (exact) mass is 273 g/mol. The van der Waals surface area contributed by atoms with Crippen LogP contribution in [0.3, 0.4) is 0 Å². The van der Waals surface area contributed by atoms with Crippen LogP contribution in [0.1, 0.15) is 32.1 Å². The predicted octanol–water partition coefficient (Wildman–Crippen LogP) is 3.08. The first-order chi connectivity index (χ1) is 9.75. The van der Waals surface area contributed by atoms with Crippen LogP contribution in [0.5, 0.6) is 0 Å². The minimum Gasteiger partial charge on any atom is -0.481 e. The molecule has 0 amide bonds. The fourth-order valence-electron chi connectivity index (χ4n) is 2.01. The summed E-state index contributed by atoms with van der Waals surface area (Å²) in [5.74, 6) is 0.0730. The number of benzene rings is 1. The number of unbranched alkanes of at least 4 members (excludes halogenated alkanes) is 3. The van der Waals surface area contributed by atoms with Gasteiger partial charge in [0.15, 0.2) is 0 Å². The first-order valence-corrected chi connectivity index (χ1v) is 6.93. The van der Waals surface area contributed by atoms with E-state index < -0.39 is 5.97 Å². The summed E-state index contributed by atoms with van der Waals surface area (Å²) in [6.07, 6.45) is 5.76. The highest BCUT2D eigenvalue weighted by molar-refractivity contribution is 5.75. The van der Waals surface area contributed by atoms with Gasteiger partial charge in [-0.1, -0.05) is 25.0 Å². The first kappa shape index (κ1) is 14.2. The molecule has 20 heavy (non-hydrogen) atoms. The highest BCUT2D eigenvalue weighted by Gasteiger charge is 1.99. The number of hydrogen-bond donors (Lipinski definition) is 2. The van der Waals surface area contributed by atoms with E-state index in [1.807, 2.05) is 24.3 Å². The summed E-state index contributed by atoms with van der Waals surface area (Å²) in [6.45, 7) is 0.833. The Balaban J connectivity index is 1.69. The average molecular weight is 273 g/mol. The number of rotatable bonds is 8. The smallest absolute Gasteiger partial charge is 0.303 e. The number of carboxylic acid groups (broad SMARTS) is 1. The van der Waals surface area contributed by atoms with Crippen molar-refractivity contribution in [2.75, 3.05) is 11.9 Å². The lowest BCUT2D eigenvalue weighted by Gasteiger charge is -2.06. The SMILES string of the molecule is O=C(O)CCCCCCNc1cnc2ccccc2n1. The molecule has 0 bridgehead atoms. The van der Waals surface area contributed by atoms with E-state index in [4.69, 9.17) is 5.11 Å². The number of hydrogen-bond acceptors (Lipinski definition) is 4. The predicted molar refractivity (Wildman–Crippen MR) is 78.7 cm³/mol. The molecule has 0 saturated heterocycles. The molecule has 1 heterocycles. The van der Waals surface area contributed by atoms with E-state index in [2.05, 4.69) is 15.3 Å². The minimum absolute atomic E-state index is 0.267. The molecule has 5 nitrogen and oxygen atoms in total. The molecule has 0 unspecified atom stereocenters. The van der Waals surface area contributed by atoms with Crippen LogP contribution in [-0.2, 0) is 4.79 Å². The van der Waals surface area contributed by atoms with Crippen LogP contribution in [0.15, 0.2) is 30.5 Å². The Bertz CT molecular complexity index is 572. The normalized spacial score (nSPS) is 10.6. The van der Waals surface area contributed by atoms with Crippen molar-refractivity contribution in [2.24, 2.45) is 0 Å². The number of nitrogens with one attached hydrogen (secondary N) is 1. The molecule has 106 valence electrons. The molecular weight excluding hydrogens is 254 g/mol. The van der Waals surface area contributed by atoms with Crippen LogP contribution in [0.4, 0.5) is 5.82 Å². The van der Waals surface area contributed by atoms with Gasteiger partial charge in [0, 0.05) is 13.0 Å². The number of aromatic nitrogens is 2. The third-order valence-corrected chi connectivity index (χ3v) is 3.07. The van der Waals surface area contributed by atoms with Crippen molar-refractivity contribution in [1.29, 1.82) is 0 Å². The van der Waals surface area contributed by atoms with Gasteiger partial charge < -0.3 is 10.4 Å². The highest BCUT2D eigenvalue weighted by Crippen LogP contribution is 2.11. The Hall–Kier alpha value is -2.17. The number of para-hydroxylation sites is 2. The highest BCUT2D eigenvalue weighted by atomic mass is 16.4. The molecule has 0 atom stereocenters. The Kier molecular flexibility index (Phi) is 5.29. The average Bonchev–Trinajstić information content (AvgIpc) is 2.46. The van der Waals surface area contributed by atoms with Gasteiger partial charge in [-0.2, -0.15) is 0 Å². The molecule has 1 aromatic heterocycles. The van der Waals surface area contributed by atoms with Crippen molar-refractivity contribution in [3.8, 4) is 0 Å². The van der Waals surface area contributed by atoms with Gasteiger partial charge in [0.25, 0.3) is 0 Å². The van der Waals surface area contributed by atoms with Crippen LogP contribution in [0.25, 0.3) is 11.0 Å². The van der Waals surface area contributed by atoms with Gasteiger partial charge in [0.2, 0.25) is 0 Å². The van der Waals surface area contributed by atoms with E-state index in [9.17, 15) is 4.79 Å². The second-order valence-electron chi connectivity index (χ2n) is 4.73. The molecule has 0 aliphatic rings. The molecule has 2 N–H and O–H groups in total. The zero-order valence-corrected chi connectivity index (χ0v) is 11.4. The summed E-state index contributed by atoms with van der Waals surface area (Å²) in [5, 5.41) is 11.8. The van der Waals surface area contributed by atoms with Gasteiger partial charge in [-0.05, 0) is 25.0 Å². The van der Waals surface area contributed by atoms with Gasteiger partial charge in [0.05, 0.1) is 17.2 Å². The van der Waals surface area contributed by atoms with Gasteiger partial charge in [0.1, 0.15) is 5.82 Å². The summed E-state index contributed by atoms with van der Waals surface area (Å²) in [7, 11) is 0. The van der Waals surface area contributed by atoms with Crippen LogP contribution in [0.2, 0.25) is 0 Å². The Labute approximate surface area is 118 Å². The lowest BCUT2D eigenvalue weighted by Crippen LogP contribution is -2.04. The largest absolute Gasteiger partial charge is 0.481 e. The molecular formula is C15H19N3O2. The molecule has 0 spiro atoms. The maximum Gasteiger partial charge on any atom is 0.303 e. The van der Waals surface area contributed by atoms with Gasteiger partial charge in [-0.25, -0.2) is 4.98 Å². The Morgan fingerprint density at radius 1 is 1.10 bits per heavy atom. The van der Waals surface area contributed by atoms with Crippen LogP contribution in [0, 0.1) is 0 Å². The van der Waals surface area contributed by atoms with E-state index in [1.54, 1.807) is 6.20 Å². The number of aliphatic carboxylic acids is 1. The molecule has 0 saturated carbocycles. The van der Waals surface area contributed by atoms with E-state index in [1.165, 1.54) is 0 Å². The minimum atomic E-state index is -0.713. The number of anilines is 1. The zero-order chi connectivity index (χ0) is 14.2. The van der Waals surface area contributed by atoms with Crippen molar-refractivity contribution in [3.05, 3.63) is 30.5 Å². The second-order valence-corrected chi connectivity index (χ2v) is 4.73. The molecule has 0 aliphatic heterocycles. The standard InChI is InChI=1S/C15H19N3O2/c19-15(20)9-3-1-2-6-10-16-14-11-17-12-7-4-5-8-13(12)18-14/h4-5,7-8,11H,1-3,6,9-10H2,(H,16,18)(H,19,20). The Morgan fingerprint density at radius 2 is 1.85 bits per heavy atom. The second kappa shape index (κ2) is 7.43. The van der Waals surface area contributed by atoms with Gasteiger partial charge in [-0.3, -0.25) is 9.78 Å². The zero-order valence-electron chi connectivity index (χ0n) is 11.4. The van der Waals surface area contributed by atoms with Crippen molar-refractivity contribution in [2.45, 2.75) is 32.1 Å². The molecule has 0 radical (unpaired) electrons. The van der Waals surface area contributed by atoms with E-state index >= 15 is 0 Å². The van der Waals surface area contributed by atoms with Crippen molar-refractivity contribution in [3.63, 3.8) is 0 Å². The third-order valence-electron chi connectivity index (χ3n) is 3.07. The summed E-state index contributed by atoms with van der Waals surface area (Å²) < 4.78 is 0. The van der Waals surface area contributed by atoms with Crippen molar-refractivity contribution in [1.82, 2.24) is 9.97 Å². The van der Waals surface area contributed by atoms with Gasteiger partial charge >= 0.3 is 5.97 Å². The van der Waals surface area contributed by atoms with Crippen LogP contribution < -0.4 is 5.32 Å². The lowest BCUT2D eigenvalue weighted by atomic mass is 10.1. The molecule has 5 heteroatoms. The van der Waals surface area contributed by atoms with Crippen molar-refractivity contribution < 1.29 is 9.90 Å². The number of carboxylic acids is 1. The molecule has 1 aromatic carbocycles. The van der Waals surface area contributed by atoms with E-state index in [0.29, 0.717) is 0 Å². The maximum atomic E-state index is 10.4. The number of nitrogens with zero attached hydrogens (tertiary/aromatic N) is 2. The topological polar surface area (TPSA) is 75.1 Å². The van der Waals surface area contributed by atoms with E-state index in [0.717, 1.165) is 49.1 Å². The van der Waals surface area contributed by atoms with Crippen LogP contribution >= 0.6 is 0 Å². The lowest BCUT2D eigenvalue weighted by molar-refractivity contribution is -0.137. The van der Waals surface area contributed by atoms with Gasteiger partial charge in [-0.15, -0.1) is 0 Å². The summed E-state index contributed by atoms with van der Waals surface area (Å²) >= 11 is 0. The molecule has 0 aliphatic carbocycles. The number of carbonyl (C=O) groups is 1. The first-order valence-electron chi connectivity index (χ1n) is 6.93. The van der Waals surface area contributed by atoms with Crippen molar-refractivity contribution >= 4 is 22.8 Å². The summed E-state index contributed by atoms with van der Waals surface area (Å²) in [6, 6.07) is 7.78. The summed E-state index contributed by atoms with van der Waals surface area (Å²) in [5.41, 5.74) is 1.78. The third kappa shape index (κ3) is 4.50. The quantitative estimate of drug-likeness (QED) is 0.723. The van der Waals surface area contributed by atoms with Crippen LogP contribution in [-0.4, -0.2) is 27.6 Å². The Morgan fingerprint density at radius 3 is 2.65 bits per heavy atom. The molecule has 2 rings (SSSR count). The number of fused-ring (bicyclic) bond motifs is 1.